The molecular weight excluding hydrogens is 725 g/mol. The standard InChI is InChI=1S/C49H54N4O5/c1-36(2)44-25-45(47(57-34-38-14-8-4-9-15-38)26-46(44)56-33-37-12-6-3-7-13-37)48(54)53-31-42-19-18-40(24-43(42)32-53)27-51-29-41(30-51)28-50-20-22-52(23-21-50)49(55)58-35-39-16-10-5-11-17-39/h3-19,24-26,36,41H,20-23,27-35H2,1-2H3. The third kappa shape index (κ3) is 9.72. The van der Waals surface area contributed by atoms with Crippen LogP contribution in [0.15, 0.2) is 121 Å². The van der Waals surface area contributed by atoms with Gasteiger partial charge in [0.25, 0.3) is 5.91 Å². The van der Waals surface area contributed by atoms with Crippen LogP contribution in [0.5, 0.6) is 11.5 Å². The van der Waals surface area contributed by atoms with E-state index in [4.69, 9.17) is 14.2 Å². The fourth-order valence-corrected chi connectivity index (χ4v) is 8.24. The number of nitrogens with zero attached hydrogens (tertiary/aromatic N) is 4. The lowest BCUT2D eigenvalue weighted by Gasteiger charge is -2.43. The molecule has 9 nitrogen and oxygen atoms in total. The molecule has 0 unspecified atom stereocenters. The Hall–Kier alpha value is -5.64. The highest BCUT2D eigenvalue weighted by molar-refractivity contribution is 5.98. The van der Waals surface area contributed by atoms with Crippen molar-refractivity contribution in [2.24, 2.45) is 5.92 Å². The van der Waals surface area contributed by atoms with Gasteiger partial charge in [-0.05, 0) is 56.8 Å². The molecule has 2 saturated heterocycles. The molecule has 5 aromatic carbocycles. The summed E-state index contributed by atoms with van der Waals surface area (Å²) in [4.78, 5) is 35.8. The number of amides is 2. The van der Waals surface area contributed by atoms with Gasteiger partial charge in [-0.25, -0.2) is 4.79 Å². The van der Waals surface area contributed by atoms with E-state index >= 15 is 0 Å². The number of piperazine rings is 1. The molecule has 9 heteroatoms. The van der Waals surface area contributed by atoms with Crippen molar-refractivity contribution in [3.05, 3.63) is 166 Å². The van der Waals surface area contributed by atoms with E-state index in [1.807, 2.05) is 101 Å². The summed E-state index contributed by atoms with van der Waals surface area (Å²) in [7, 11) is 0. The normalized spacial score (nSPS) is 15.9. The molecule has 3 aliphatic heterocycles. The van der Waals surface area contributed by atoms with Crippen molar-refractivity contribution in [2.75, 3.05) is 45.8 Å². The second kappa shape index (κ2) is 18.3. The molecule has 0 saturated carbocycles. The van der Waals surface area contributed by atoms with E-state index in [2.05, 4.69) is 54.0 Å². The molecule has 58 heavy (non-hydrogen) atoms. The number of likely N-dealkylation sites (tertiary alicyclic amines) is 1. The van der Waals surface area contributed by atoms with Gasteiger partial charge in [-0.2, -0.15) is 0 Å². The van der Waals surface area contributed by atoms with Gasteiger partial charge < -0.3 is 24.0 Å². The molecule has 0 N–H and O–H groups in total. The van der Waals surface area contributed by atoms with E-state index in [1.165, 1.54) is 16.7 Å². The van der Waals surface area contributed by atoms with Crippen molar-refractivity contribution >= 4 is 12.0 Å². The number of carbonyl (C=O) groups excluding carboxylic acids is 2. The Morgan fingerprint density at radius 2 is 1.19 bits per heavy atom. The lowest BCUT2D eigenvalue weighted by atomic mass is 9.97. The SMILES string of the molecule is CC(C)c1cc(C(=O)N2Cc3ccc(CN4CC(CN5CCN(C(=O)OCc6ccccc6)CC5)C4)cc3C2)c(OCc2ccccc2)cc1OCc1ccccc1. The highest BCUT2D eigenvalue weighted by Crippen LogP contribution is 2.37. The molecule has 0 aromatic heterocycles. The molecule has 8 rings (SSSR count). The van der Waals surface area contributed by atoms with E-state index < -0.39 is 0 Å². The van der Waals surface area contributed by atoms with E-state index in [0.29, 0.717) is 63.2 Å². The van der Waals surface area contributed by atoms with Gasteiger partial charge in [0.2, 0.25) is 0 Å². The van der Waals surface area contributed by atoms with Gasteiger partial charge in [-0.1, -0.05) is 123 Å². The zero-order chi connectivity index (χ0) is 39.8. The van der Waals surface area contributed by atoms with Gasteiger partial charge in [-0.3, -0.25) is 14.6 Å². The minimum Gasteiger partial charge on any atom is -0.488 e. The van der Waals surface area contributed by atoms with Crippen LogP contribution in [0, 0.1) is 5.92 Å². The summed E-state index contributed by atoms with van der Waals surface area (Å²) >= 11 is 0. The van der Waals surface area contributed by atoms with Crippen LogP contribution in [0.2, 0.25) is 0 Å². The predicted octanol–water partition coefficient (Wildman–Crippen LogP) is 8.51. The van der Waals surface area contributed by atoms with Crippen LogP contribution in [0.3, 0.4) is 0 Å². The first-order chi connectivity index (χ1) is 28.3. The lowest BCUT2D eigenvalue weighted by molar-refractivity contribution is 0.0358. The average Bonchev–Trinajstić information content (AvgIpc) is 3.68. The molecule has 0 aliphatic carbocycles. The highest BCUT2D eigenvalue weighted by atomic mass is 16.6. The molecule has 3 aliphatic rings. The van der Waals surface area contributed by atoms with E-state index in [9.17, 15) is 9.59 Å². The van der Waals surface area contributed by atoms with Gasteiger partial charge in [0.15, 0.2) is 0 Å². The van der Waals surface area contributed by atoms with E-state index in [0.717, 1.165) is 67.3 Å². The van der Waals surface area contributed by atoms with Crippen LogP contribution in [0.25, 0.3) is 0 Å². The zero-order valence-electron chi connectivity index (χ0n) is 33.7. The number of rotatable bonds is 14. The van der Waals surface area contributed by atoms with Crippen LogP contribution in [0.1, 0.15) is 69.1 Å². The molecule has 0 spiro atoms. The van der Waals surface area contributed by atoms with Crippen LogP contribution < -0.4 is 9.47 Å². The molecule has 300 valence electrons. The average molecular weight is 779 g/mol. The molecule has 0 radical (unpaired) electrons. The zero-order valence-corrected chi connectivity index (χ0v) is 33.7. The Labute approximate surface area is 342 Å². The summed E-state index contributed by atoms with van der Waals surface area (Å²) in [6.45, 7) is 13.7. The van der Waals surface area contributed by atoms with Crippen molar-refractivity contribution in [1.82, 2.24) is 19.6 Å². The number of hydrogen-bond acceptors (Lipinski definition) is 7. The van der Waals surface area contributed by atoms with Crippen molar-refractivity contribution in [3.8, 4) is 11.5 Å². The van der Waals surface area contributed by atoms with E-state index in [-0.39, 0.29) is 17.9 Å². The van der Waals surface area contributed by atoms with Crippen LogP contribution in [0.4, 0.5) is 4.79 Å². The first-order valence-electron chi connectivity index (χ1n) is 20.7. The maximum atomic E-state index is 14.4. The van der Waals surface area contributed by atoms with Gasteiger partial charge in [0.05, 0.1) is 5.56 Å². The van der Waals surface area contributed by atoms with Crippen molar-refractivity contribution in [1.29, 1.82) is 0 Å². The summed E-state index contributed by atoms with van der Waals surface area (Å²) < 4.78 is 18.4. The fourth-order valence-electron chi connectivity index (χ4n) is 8.24. The number of hydrogen-bond donors (Lipinski definition) is 0. The quantitative estimate of drug-likeness (QED) is 0.112. The molecule has 2 amide bonds. The third-order valence-electron chi connectivity index (χ3n) is 11.5. The molecule has 0 bridgehead atoms. The van der Waals surface area contributed by atoms with Gasteiger partial charge in [-0.15, -0.1) is 0 Å². The smallest absolute Gasteiger partial charge is 0.410 e. The first-order valence-corrected chi connectivity index (χ1v) is 20.7. The minimum absolute atomic E-state index is 0.0344. The van der Waals surface area contributed by atoms with Crippen molar-refractivity contribution in [3.63, 3.8) is 0 Å². The minimum atomic E-state index is -0.225. The van der Waals surface area contributed by atoms with Gasteiger partial charge in [0.1, 0.15) is 31.3 Å². The van der Waals surface area contributed by atoms with Gasteiger partial charge in [0, 0.05) is 71.5 Å². The summed E-state index contributed by atoms with van der Waals surface area (Å²) in [6.07, 6.45) is -0.225. The highest BCUT2D eigenvalue weighted by Gasteiger charge is 2.32. The Balaban J connectivity index is 0.853. The summed E-state index contributed by atoms with van der Waals surface area (Å²) in [5.41, 5.74) is 8.36. The molecule has 5 aromatic rings. The maximum Gasteiger partial charge on any atom is 0.410 e. The first kappa shape index (κ1) is 39.2. The third-order valence-corrected chi connectivity index (χ3v) is 11.5. The van der Waals surface area contributed by atoms with Crippen molar-refractivity contribution in [2.45, 2.75) is 59.2 Å². The number of benzene rings is 5. The maximum absolute atomic E-state index is 14.4. The lowest BCUT2D eigenvalue weighted by Crippen LogP contribution is -2.55. The number of fused-ring (bicyclic) bond motifs is 1. The largest absolute Gasteiger partial charge is 0.488 e. The molecular formula is C49H54N4O5. The van der Waals surface area contributed by atoms with Gasteiger partial charge >= 0.3 is 6.09 Å². The summed E-state index contributed by atoms with van der Waals surface area (Å²) in [5.74, 6) is 2.01. The Morgan fingerprint density at radius 1 is 0.603 bits per heavy atom. The topological polar surface area (TPSA) is 74.8 Å². The van der Waals surface area contributed by atoms with Crippen LogP contribution in [-0.2, 0) is 44.2 Å². The fraction of sp³-hybridized carbons (Fsp3) is 0.347. The van der Waals surface area contributed by atoms with Crippen LogP contribution >= 0.6 is 0 Å². The summed E-state index contributed by atoms with van der Waals surface area (Å²) in [6, 6.07) is 40.6. The summed E-state index contributed by atoms with van der Waals surface area (Å²) in [5, 5.41) is 0. The molecule has 0 atom stereocenters. The Morgan fingerprint density at radius 3 is 1.81 bits per heavy atom. The van der Waals surface area contributed by atoms with Crippen LogP contribution in [-0.4, -0.2) is 77.4 Å². The Kier molecular flexibility index (Phi) is 12.4. The molecule has 3 heterocycles. The Bertz CT molecular complexity index is 2150. The number of ether oxygens (including phenoxy) is 3. The number of carbonyl (C=O) groups is 2. The second-order valence-corrected chi connectivity index (χ2v) is 16.2. The monoisotopic (exact) mass is 778 g/mol. The molecule has 2 fully saturated rings. The van der Waals surface area contributed by atoms with Crippen molar-refractivity contribution < 1.29 is 23.8 Å². The predicted molar refractivity (Wildman–Crippen MR) is 226 cm³/mol. The second-order valence-electron chi connectivity index (χ2n) is 16.2. The van der Waals surface area contributed by atoms with E-state index in [1.54, 1.807) is 0 Å².